The van der Waals surface area contributed by atoms with Crippen LogP contribution in [0.4, 0.5) is 5.82 Å². The number of nitrogens with zero attached hydrogens (tertiary/aromatic N) is 5. The zero-order valence-electron chi connectivity index (χ0n) is 20.9. The summed E-state index contributed by atoms with van der Waals surface area (Å²) in [5.41, 5.74) is 0.719. The molecule has 0 unspecified atom stereocenters. The van der Waals surface area contributed by atoms with E-state index >= 15 is 0 Å². The van der Waals surface area contributed by atoms with Crippen LogP contribution >= 0.6 is 0 Å². The SMILES string of the molecule is CCCS(=O)(=O)NC(=O)c1cc2cnc(N3CCOCC3)cc2nc1OC1CCC(n2ccnc2)CC1. The lowest BCUT2D eigenvalue weighted by Crippen LogP contribution is -2.36. The first-order valence-electron chi connectivity index (χ1n) is 12.7. The van der Waals surface area contributed by atoms with Gasteiger partial charge in [0.05, 0.1) is 30.8 Å². The molecule has 0 aromatic carbocycles. The molecule has 0 atom stereocenters. The van der Waals surface area contributed by atoms with Crippen LogP contribution in [-0.4, -0.2) is 72.0 Å². The molecule has 1 aliphatic heterocycles. The molecule has 1 N–H and O–H groups in total. The molecule has 37 heavy (non-hydrogen) atoms. The molecule has 3 aromatic heterocycles. The van der Waals surface area contributed by atoms with Crippen molar-refractivity contribution in [1.29, 1.82) is 0 Å². The molecular formula is C25H32N6O5S. The van der Waals surface area contributed by atoms with Gasteiger partial charge >= 0.3 is 0 Å². The molecule has 3 aromatic rings. The highest BCUT2D eigenvalue weighted by atomic mass is 32.2. The number of nitrogens with one attached hydrogen (secondary N) is 1. The van der Waals surface area contributed by atoms with Crippen molar-refractivity contribution in [2.24, 2.45) is 0 Å². The van der Waals surface area contributed by atoms with E-state index in [4.69, 9.17) is 14.5 Å². The second-order valence-corrected chi connectivity index (χ2v) is 11.3. The summed E-state index contributed by atoms with van der Waals surface area (Å²) in [4.78, 5) is 28.6. The van der Waals surface area contributed by atoms with Crippen LogP contribution in [0.1, 0.15) is 55.4 Å². The fourth-order valence-electron chi connectivity index (χ4n) is 4.88. The fourth-order valence-corrected chi connectivity index (χ4v) is 5.91. The van der Waals surface area contributed by atoms with Gasteiger partial charge in [-0.15, -0.1) is 0 Å². The Morgan fingerprint density at radius 3 is 2.68 bits per heavy atom. The molecule has 11 nitrogen and oxygen atoms in total. The summed E-state index contributed by atoms with van der Waals surface area (Å²) < 4.78 is 40.7. The van der Waals surface area contributed by atoms with Gasteiger partial charge in [0.15, 0.2) is 0 Å². The summed E-state index contributed by atoms with van der Waals surface area (Å²) >= 11 is 0. The molecule has 1 saturated carbocycles. The largest absolute Gasteiger partial charge is 0.474 e. The van der Waals surface area contributed by atoms with Crippen molar-refractivity contribution >= 4 is 32.7 Å². The number of sulfonamides is 1. The lowest BCUT2D eigenvalue weighted by Gasteiger charge is -2.30. The smallest absolute Gasteiger partial charge is 0.270 e. The molecule has 2 aliphatic rings. The van der Waals surface area contributed by atoms with Crippen molar-refractivity contribution in [1.82, 2.24) is 24.2 Å². The molecule has 198 valence electrons. The zero-order valence-corrected chi connectivity index (χ0v) is 21.7. The van der Waals surface area contributed by atoms with Gasteiger partial charge in [-0.3, -0.25) is 4.79 Å². The monoisotopic (exact) mass is 528 g/mol. The highest BCUT2D eigenvalue weighted by Crippen LogP contribution is 2.32. The molecule has 1 amide bonds. The first-order chi connectivity index (χ1) is 17.9. The first kappa shape index (κ1) is 25.4. The standard InChI is InChI=1S/C25H32N6O5S/c1-2-13-37(33,34)29-24(32)21-14-18-16-27-23(30-9-11-35-12-10-30)15-22(18)28-25(21)36-20-5-3-19(4-6-20)31-8-7-26-17-31/h7-8,14-17,19-20H,2-6,9-13H2,1H3,(H,29,32). The first-order valence-corrected chi connectivity index (χ1v) is 14.4. The summed E-state index contributed by atoms with van der Waals surface area (Å²) in [5.74, 6) is 0.0282. The van der Waals surface area contributed by atoms with Gasteiger partial charge in [0, 0.05) is 49.2 Å². The van der Waals surface area contributed by atoms with Crippen molar-refractivity contribution in [3.63, 3.8) is 0 Å². The molecule has 1 saturated heterocycles. The highest BCUT2D eigenvalue weighted by molar-refractivity contribution is 7.90. The fraction of sp³-hybridized carbons (Fsp3) is 0.520. The van der Waals surface area contributed by atoms with Crippen LogP contribution in [0, 0.1) is 0 Å². The van der Waals surface area contributed by atoms with Gasteiger partial charge in [-0.1, -0.05) is 6.92 Å². The van der Waals surface area contributed by atoms with E-state index in [-0.39, 0.29) is 23.3 Å². The van der Waals surface area contributed by atoms with E-state index in [1.54, 1.807) is 25.4 Å². The maximum Gasteiger partial charge on any atom is 0.270 e. The maximum absolute atomic E-state index is 13.1. The third-order valence-electron chi connectivity index (χ3n) is 6.82. The van der Waals surface area contributed by atoms with Crippen molar-refractivity contribution in [3.05, 3.63) is 42.6 Å². The molecule has 0 spiro atoms. The van der Waals surface area contributed by atoms with Crippen molar-refractivity contribution < 1.29 is 22.7 Å². The van der Waals surface area contributed by atoms with Gasteiger partial charge in [-0.05, 0) is 38.2 Å². The number of fused-ring (bicyclic) bond motifs is 1. The molecule has 12 heteroatoms. The van der Waals surface area contributed by atoms with Crippen LogP contribution in [-0.2, 0) is 14.8 Å². The quantitative estimate of drug-likeness (QED) is 0.469. The second kappa shape index (κ2) is 11.0. The average Bonchev–Trinajstić information content (AvgIpc) is 3.44. The number of ether oxygens (including phenoxy) is 2. The van der Waals surface area contributed by atoms with Gasteiger partial charge in [0.1, 0.15) is 17.5 Å². The highest BCUT2D eigenvalue weighted by Gasteiger charge is 2.27. The minimum absolute atomic E-state index is 0.0878. The van der Waals surface area contributed by atoms with E-state index in [0.29, 0.717) is 36.6 Å². The molecule has 2 fully saturated rings. The number of anilines is 1. The minimum Gasteiger partial charge on any atom is -0.474 e. The normalized spacial score (nSPS) is 20.6. The molecule has 4 heterocycles. The summed E-state index contributed by atoms with van der Waals surface area (Å²) in [7, 11) is -3.76. The Morgan fingerprint density at radius 2 is 1.97 bits per heavy atom. The molecular weight excluding hydrogens is 496 g/mol. The van der Waals surface area contributed by atoms with E-state index in [1.165, 1.54) is 0 Å². The van der Waals surface area contributed by atoms with Crippen LogP contribution in [0.3, 0.4) is 0 Å². The summed E-state index contributed by atoms with van der Waals surface area (Å²) in [6.07, 6.45) is 10.9. The Balaban J connectivity index is 1.42. The third kappa shape index (κ3) is 6.02. The van der Waals surface area contributed by atoms with Crippen LogP contribution in [0.25, 0.3) is 10.9 Å². The number of pyridine rings is 2. The Hall–Kier alpha value is -3.25. The predicted octanol–water partition coefficient (Wildman–Crippen LogP) is 2.70. The Kier molecular flexibility index (Phi) is 7.56. The number of hydrogen-bond acceptors (Lipinski definition) is 9. The van der Waals surface area contributed by atoms with Gasteiger partial charge in [-0.25, -0.2) is 28.1 Å². The van der Waals surface area contributed by atoms with Gasteiger partial charge < -0.3 is 18.9 Å². The molecule has 0 bridgehead atoms. The van der Waals surface area contributed by atoms with Crippen LogP contribution in [0.15, 0.2) is 37.1 Å². The van der Waals surface area contributed by atoms with E-state index in [0.717, 1.165) is 44.6 Å². The summed E-state index contributed by atoms with van der Waals surface area (Å²) in [5, 5.41) is 0.631. The van der Waals surface area contributed by atoms with E-state index < -0.39 is 15.9 Å². The lowest BCUT2D eigenvalue weighted by molar-refractivity contribution is 0.0960. The lowest BCUT2D eigenvalue weighted by atomic mass is 9.93. The second-order valence-electron chi connectivity index (χ2n) is 9.48. The van der Waals surface area contributed by atoms with Crippen molar-refractivity contribution in [3.8, 4) is 5.88 Å². The number of hydrogen-bond donors (Lipinski definition) is 1. The minimum atomic E-state index is -3.76. The number of imidazole rings is 1. The number of rotatable bonds is 8. The molecule has 1 aliphatic carbocycles. The molecule has 0 radical (unpaired) electrons. The topological polar surface area (TPSA) is 129 Å². The predicted molar refractivity (Wildman–Crippen MR) is 138 cm³/mol. The Morgan fingerprint density at radius 1 is 1.19 bits per heavy atom. The van der Waals surface area contributed by atoms with E-state index in [2.05, 4.69) is 24.2 Å². The van der Waals surface area contributed by atoms with Crippen LogP contribution in [0.2, 0.25) is 0 Å². The zero-order chi connectivity index (χ0) is 25.8. The Labute approximate surface area is 216 Å². The van der Waals surface area contributed by atoms with Crippen LogP contribution in [0.5, 0.6) is 5.88 Å². The number of amides is 1. The van der Waals surface area contributed by atoms with Crippen molar-refractivity contribution in [2.45, 2.75) is 51.2 Å². The third-order valence-corrected chi connectivity index (χ3v) is 8.26. The molecule has 5 rings (SSSR count). The number of carbonyl (C=O) groups excluding carboxylic acids is 1. The summed E-state index contributed by atoms with van der Waals surface area (Å²) in [6.45, 7) is 4.48. The Bertz CT molecular complexity index is 1330. The van der Waals surface area contributed by atoms with Gasteiger partial charge in [0.2, 0.25) is 15.9 Å². The van der Waals surface area contributed by atoms with Crippen molar-refractivity contribution in [2.75, 3.05) is 37.0 Å². The van der Waals surface area contributed by atoms with Gasteiger partial charge in [-0.2, -0.15) is 0 Å². The van der Waals surface area contributed by atoms with E-state index in [9.17, 15) is 13.2 Å². The maximum atomic E-state index is 13.1. The average molecular weight is 529 g/mol. The van der Waals surface area contributed by atoms with Gasteiger partial charge in [0.25, 0.3) is 5.91 Å². The van der Waals surface area contributed by atoms with Crippen LogP contribution < -0.4 is 14.4 Å². The number of carbonyl (C=O) groups is 1. The van der Waals surface area contributed by atoms with E-state index in [1.807, 2.05) is 18.6 Å². The number of aromatic nitrogens is 4. The summed E-state index contributed by atoms with van der Waals surface area (Å²) in [6, 6.07) is 3.84. The number of morpholine rings is 1.